The van der Waals surface area contributed by atoms with Crippen molar-refractivity contribution in [3.63, 3.8) is 0 Å². The molecule has 0 aromatic carbocycles. The van der Waals surface area contributed by atoms with E-state index in [2.05, 4.69) is 50.3 Å². The van der Waals surface area contributed by atoms with Crippen molar-refractivity contribution in [3.8, 4) is 0 Å². The quantitative estimate of drug-likeness (QED) is 0.0444. The first-order valence-electron chi connectivity index (χ1n) is 19.0. The molecule has 0 fully saturated rings. The lowest BCUT2D eigenvalue weighted by molar-refractivity contribution is -0.150. The first-order valence-corrected chi connectivity index (χ1v) is 19.0. The summed E-state index contributed by atoms with van der Waals surface area (Å²) in [6.45, 7) is 4.48. The van der Waals surface area contributed by atoms with Gasteiger partial charge in [-0.1, -0.05) is 127 Å². The Morgan fingerprint density at radius 1 is 0.500 bits per heavy atom. The predicted octanol–water partition coefficient (Wildman–Crippen LogP) is 13.0. The number of aliphatic carboxylic acids is 1. The van der Waals surface area contributed by atoms with Crippen molar-refractivity contribution in [2.75, 3.05) is 0 Å². The summed E-state index contributed by atoms with van der Waals surface area (Å²) in [7, 11) is 0. The number of allylic oxidation sites excluding steroid dienone is 6. The van der Waals surface area contributed by atoms with Crippen molar-refractivity contribution >= 4 is 11.9 Å². The SMILES string of the molecule is CCCCC/C=C\C/C=C\CCCC/C=C\CCCCCCCC(=O)OC(CCCCCC)CCCCCCCCC(=O)O. The van der Waals surface area contributed by atoms with E-state index >= 15 is 0 Å². The Bertz CT molecular complexity index is 708. The van der Waals surface area contributed by atoms with Crippen LogP contribution in [0.25, 0.3) is 0 Å². The van der Waals surface area contributed by atoms with Crippen molar-refractivity contribution in [1.29, 1.82) is 0 Å². The second kappa shape index (κ2) is 35.6. The molecular formula is C40H72O4. The normalized spacial score (nSPS) is 12.6. The van der Waals surface area contributed by atoms with E-state index in [0.717, 1.165) is 77.0 Å². The number of ether oxygens (including phenoxy) is 1. The lowest BCUT2D eigenvalue weighted by Gasteiger charge is -2.18. The zero-order valence-corrected chi connectivity index (χ0v) is 29.2. The monoisotopic (exact) mass is 617 g/mol. The molecule has 1 N–H and O–H groups in total. The summed E-state index contributed by atoms with van der Waals surface area (Å²) in [6.07, 6.45) is 46.1. The van der Waals surface area contributed by atoms with Gasteiger partial charge in [0, 0.05) is 12.8 Å². The van der Waals surface area contributed by atoms with Gasteiger partial charge in [0.05, 0.1) is 0 Å². The van der Waals surface area contributed by atoms with E-state index in [1.165, 1.54) is 96.3 Å². The highest BCUT2D eigenvalue weighted by Gasteiger charge is 2.14. The maximum absolute atomic E-state index is 12.5. The zero-order valence-electron chi connectivity index (χ0n) is 29.2. The van der Waals surface area contributed by atoms with Crippen molar-refractivity contribution in [2.24, 2.45) is 0 Å². The Morgan fingerprint density at radius 2 is 0.886 bits per heavy atom. The number of hydrogen-bond donors (Lipinski definition) is 1. The van der Waals surface area contributed by atoms with Crippen LogP contribution in [0.3, 0.4) is 0 Å². The Morgan fingerprint density at radius 3 is 1.43 bits per heavy atom. The number of rotatable bonds is 34. The van der Waals surface area contributed by atoms with Crippen molar-refractivity contribution in [2.45, 2.75) is 206 Å². The fourth-order valence-electron chi connectivity index (χ4n) is 5.50. The van der Waals surface area contributed by atoms with Crippen LogP contribution in [0, 0.1) is 0 Å². The molecule has 44 heavy (non-hydrogen) atoms. The van der Waals surface area contributed by atoms with Crippen LogP contribution in [-0.4, -0.2) is 23.1 Å². The lowest BCUT2D eigenvalue weighted by atomic mass is 10.0. The molecule has 0 aliphatic carbocycles. The molecule has 0 bridgehead atoms. The number of carbonyl (C=O) groups is 2. The summed E-state index contributed by atoms with van der Waals surface area (Å²) in [5.41, 5.74) is 0. The van der Waals surface area contributed by atoms with Crippen LogP contribution in [0.1, 0.15) is 200 Å². The fraction of sp³-hybridized carbons (Fsp3) is 0.800. The second-order valence-electron chi connectivity index (χ2n) is 12.8. The summed E-state index contributed by atoms with van der Waals surface area (Å²) in [5.74, 6) is -0.704. The summed E-state index contributed by atoms with van der Waals surface area (Å²) in [6, 6.07) is 0. The van der Waals surface area contributed by atoms with Gasteiger partial charge in [-0.15, -0.1) is 0 Å². The molecule has 0 rings (SSSR count). The van der Waals surface area contributed by atoms with E-state index in [9.17, 15) is 9.59 Å². The molecule has 1 atom stereocenters. The van der Waals surface area contributed by atoms with Crippen LogP contribution in [0.5, 0.6) is 0 Å². The Kier molecular flexibility index (Phi) is 34.1. The minimum absolute atomic E-state index is 0.00720. The standard InChI is InChI=1S/C40H72O4/c1-3-5-7-9-10-11-12-13-14-15-16-17-18-19-20-21-22-23-24-29-33-37-40(43)44-38(34-30-8-6-4-2)35-31-27-25-26-28-32-36-39(41)42/h10-11,13-14,19-20,38H,3-9,12,15-18,21-37H2,1-2H3,(H,41,42)/b11-10-,14-13-,20-19-. The molecule has 0 saturated heterocycles. The Hall–Kier alpha value is -1.84. The van der Waals surface area contributed by atoms with Crippen LogP contribution in [0.15, 0.2) is 36.5 Å². The first-order chi connectivity index (χ1) is 21.6. The highest BCUT2D eigenvalue weighted by molar-refractivity contribution is 5.69. The van der Waals surface area contributed by atoms with E-state index in [0.29, 0.717) is 6.42 Å². The van der Waals surface area contributed by atoms with Gasteiger partial charge in [-0.3, -0.25) is 9.59 Å². The summed E-state index contributed by atoms with van der Waals surface area (Å²) >= 11 is 0. The molecule has 0 aliphatic heterocycles. The first kappa shape index (κ1) is 42.2. The smallest absolute Gasteiger partial charge is 0.306 e. The molecular weight excluding hydrogens is 544 g/mol. The maximum Gasteiger partial charge on any atom is 0.306 e. The van der Waals surface area contributed by atoms with Gasteiger partial charge in [0.1, 0.15) is 6.10 Å². The number of esters is 1. The van der Waals surface area contributed by atoms with E-state index in [1.807, 2.05) is 0 Å². The summed E-state index contributed by atoms with van der Waals surface area (Å²) in [5, 5.41) is 8.73. The average molecular weight is 617 g/mol. The van der Waals surface area contributed by atoms with Crippen LogP contribution in [0.2, 0.25) is 0 Å². The number of hydrogen-bond acceptors (Lipinski definition) is 3. The fourth-order valence-corrected chi connectivity index (χ4v) is 5.50. The van der Waals surface area contributed by atoms with Gasteiger partial charge in [0.15, 0.2) is 0 Å². The number of carbonyl (C=O) groups excluding carboxylic acids is 1. The summed E-state index contributed by atoms with van der Waals surface area (Å²) in [4.78, 5) is 23.1. The second-order valence-corrected chi connectivity index (χ2v) is 12.8. The van der Waals surface area contributed by atoms with Crippen LogP contribution >= 0.6 is 0 Å². The van der Waals surface area contributed by atoms with Crippen molar-refractivity contribution < 1.29 is 19.4 Å². The molecule has 0 spiro atoms. The number of carboxylic acids is 1. The molecule has 4 nitrogen and oxygen atoms in total. The minimum Gasteiger partial charge on any atom is -0.481 e. The summed E-state index contributed by atoms with van der Waals surface area (Å²) < 4.78 is 5.93. The Balaban J connectivity index is 3.77. The molecule has 1 unspecified atom stereocenters. The molecule has 0 saturated carbocycles. The van der Waals surface area contributed by atoms with Gasteiger partial charge in [-0.05, 0) is 96.3 Å². The third-order valence-electron chi connectivity index (χ3n) is 8.33. The van der Waals surface area contributed by atoms with E-state index in [4.69, 9.17) is 9.84 Å². The molecule has 0 aromatic rings. The van der Waals surface area contributed by atoms with Gasteiger partial charge in [-0.25, -0.2) is 0 Å². The van der Waals surface area contributed by atoms with E-state index < -0.39 is 5.97 Å². The highest BCUT2D eigenvalue weighted by atomic mass is 16.5. The van der Waals surface area contributed by atoms with E-state index in [-0.39, 0.29) is 18.5 Å². The number of unbranched alkanes of at least 4 members (excludes halogenated alkanes) is 19. The van der Waals surface area contributed by atoms with Crippen LogP contribution in [-0.2, 0) is 14.3 Å². The third kappa shape index (κ3) is 34.6. The molecule has 0 amide bonds. The van der Waals surface area contributed by atoms with Gasteiger partial charge in [-0.2, -0.15) is 0 Å². The van der Waals surface area contributed by atoms with Crippen molar-refractivity contribution in [3.05, 3.63) is 36.5 Å². The number of carboxylic acid groups (broad SMARTS) is 1. The van der Waals surface area contributed by atoms with Crippen LogP contribution in [0.4, 0.5) is 0 Å². The molecule has 4 heteroatoms. The van der Waals surface area contributed by atoms with Gasteiger partial charge < -0.3 is 9.84 Å². The van der Waals surface area contributed by atoms with Gasteiger partial charge in [0.25, 0.3) is 0 Å². The molecule has 0 radical (unpaired) electrons. The molecule has 0 heterocycles. The average Bonchev–Trinajstić information content (AvgIpc) is 3.01. The third-order valence-corrected chi connectivity index (χ3v) is 8.33. The predicted molar refractivity (Wildman–Crippen MR) is 190 cm³/mol. The van der Waals surface area contributed by atoms with E-state index in [1.54, 1.807) is 0 Å². The Labute approximate surface area is 273 Å². The molecule has 0 aromatic heterocycles. The maximum atomic E-state index is 12.5. The molecule has 0 aliphatic rings. The van der Waals surface area contributed by atoms with Crippen molar-refractivity contribution in [1.82, 2.24) is 0 Å². The zero-order chi connectivity index (χ0) is 32.2. The topological polar surface area (TPSA) is 63.6 Å². The minimum atomic E-state index is -0.696. The molecule has 256 valence electrons. The lowest BCUT2D eigenvalue weighted by Crippen LogP contribution is -2.18. The highest BCUT2D eigenvalue weighted by Crippen LogP contribution is 2.18. The van der Waals surface area contributed by atoms with Gasteiger partial charge in [0.2, 0.25) is 0 Å². The van der Waals surface area contributed by atoms with Crippen LogP contribution < -0.4 is 0 Å². The van der Waals surface area contributed by atoms with Gasteiger partial charge >= 0.3 is 11.9 Å². The largest absolute Gasteiger partial charge is 0.481 e.